The summed E-state index contributed by atoms with van der Waals surface area (Å²) in [5.41, 5.74) is 2.27. The summed E-state index contributed by atoms with van der Waals surface area (Å²) >= 11 is 6.14. The van der Waals surface area contributed by atoms with Crippen molar-refractivity contribution in [3.63, 3.8) is 0 Å². The summed E-state index contributed by atoms with van der Waals surface area (Å²) in [6.45, 7) is 2.53. The van der Waals surface area contributed by atoms with Crippen molar-refractivity contribution in [2.45, 2.75) is 20.0 Å². The van der Waals surface area contributed by atoms with E-state index in [1.807, 2.05) is 41.2 Å². The molecular formula is C22H18ClFN4O2. The molecule has 0 saturated carbocycles. The first kappa shape index (κ1) is 19.8. The molecule has 0 unspecified atom stereocenters. The van der Waals surface area contributed by atoms with Crippen molar-refractivity contribution in [3.05, 3.63) is 94.2 Å². The number of halogens is 2. The Hall–Kier alpha value is -3.45. The number of carbonyl (C=O) groups excluding carboxylic acids is 1. The Balaban J connectivity index is 1.53. The molecule has 2 aromatic heterocycles. The zero-order chi connectivity index (χ0) is 21.1. The minimum atomic E-state index is -0.573. The van der Waals surface area contributed by atoms with Gasteiger partial charge in [-0.1, -0.05) is 47.1 Å². The number of nitrogens with zero attached hydrogens (tertiary/aromatic N) is 3. The molecule has 0 aliphatic carbocycles. The molecule has 4 aromatic rings. The highest BCUT2D eigenvalue weighted by atomic mass is 35.5. The van der Waals surface area contributed by atoms with Crippen molar-refractivity contribution in [1.82, 2.24) is 20.3 Å². The highest BCUT2D eigenvalue weighted by Crippen LogP contribution is 2.33. The monoisotopic (exact) mass is 424 g/mol. The highest BCUT2D eigenvalue weighted by Gasteiger charge is 2.25. The third kappa shape index (κ3) is 4.11. The van der Waals surface area contributed by atoms with Gasteiger partial charge in [-0.25, -0.2) is 4.39 Å². The van der Waals surface area contributed by atoms with E-state index in [1.165, 1.54) is 18.2 Å². The van der Waals surface area contributed by atoms with Crippen molar-refractivity contribution in [1.29, 1.82) is 0 Å². The Morgan fingerprint density at radius 1 is 1.20 bits per heavy atom. The molecule has 0 aliphatic rings. The Kier molecular flexibility index (Phi) is 5.63. The van der Waals surface area contributed by atoms with Crippen LogP contribution >= 0.6 is 11.6 Å². The maximum Gasteiger partial charge on any atom is 0.257 e. The fourth-order valence-electron chi connectivity index (χ4n) is 3.22. The molecule has 6 nitrogen and oxygen atoms in total. The predicted octanol–water partition coefficient (Wildman–Crippen LogP) is 4.62. The fourth-order valence-corrected chi connectivity index (χ4v) is 3.48. The van der Waals surface area contributed by atoms with E-state index in [0.29, 0.717) is 13.1 Å². The van der Waals surface area contributed by atoms with Gasteiger partial charge in [0.15, 0.2) is 0 Å². The molecular weight excluding hydrogens is 407 g/mol. The number of aryl methyl sites for hydroxylation is 1. The van der Waals surface area contributed by atoms with Gasteiger partial charge >= 0.3 is 0 Å². The zero-order valence-corrected chi connectivity index (χ0v) is 16.9. The topological polar surface area (TPSA) is 73.0 Å². The van der Waals surface area contributed by atoms with Gasteiger partial charge in [-0.2, -0.15) is 5.10 Å². The maximum atomic E-state index is 14.3. The van der Waals surface area contributed by atoms with E-state index in [-0.39, 0.29) is 27.6 Å². The van der Waals surface area contributed by atoms with Crippen LogP contribution in [0, 0.1) is 12.7 Å². The van der Waals surface area contributed by atoms with Gasteiger partial charge in [-0.15, -0.1) is 0 Å². The first-order valence-electron chi connectivity index (χ1n) is 9.27. The van der Waals surface area contributed by atoms with Gasteiger partial charge in [0.1, 0.15) is 22.8 Å². The average Bonchev–Trinajstić information content (AvgIpc) is 3.36. The Morgan fingerprint density at radius 2 is 2.00 bits per heavy atom. The van der Waals surface area contributed by atoms with Crippen LogP contribution in [-0.2, 0) is 13.1 Å². The molecule has 152 valence electrons. The van der Waals surface area contributed by atoms with Crippen LogP contribution in [0.25, 0.3) is 11.3 Å². The van der Waals surface area contributed by atoms with Crippen LogP contribution in [0.1, 0.15) is 27.2 Å². The van der Waals surface area contributed by atoms with Crippen LogP contribution < -0.4 is 5.32 Å². The van der Waals surface area contributed by atoms with E-state index in [0.717, 1.165) is 11.1 Å². The lowest BCUT2D eigenvalue weighted by Crippen LogP contribution is -2.24. The van der Waals surface area contributed by atoms with Crippen LogP contribution in [0.15, 0.2) is 65.4 Å². The molecule has 1 amide bonds. The number of amides is 1. The molecule has 2 aromatic carbocycles. The average molecular weight is 425 g/mol. The van der Waals surface area contributed by atoms with Crippen LogP contribution in [0.2, 0.25) is 5.02 Å². The molecule has 0 saturated heterocycles. The smallest absolute Gasteiger partial charge is 0.257 e. The molecule has 0 fully saturated rings. The molecule has 0 spiro atoms. The number of hydrogen-bond donors (Lipinski definition) is 1. The first-order valence-corrected chi connectivity index (χ1v) is 9.65. The summed E-state index contributed by atoms with van der Waals surface area (Å²) in [4.78, 5) is 12.9. The van der Waals surface area contributed by atoms with E-state index >= 15 is 0 Å². The van der Waals surface area contributed by atoms with Crippen LogP contribution in [0.5, 0.6) is 0 Å². The van der Waals surface area contributed by atoms with Gasteiger partial charge in [0, 0.05) is 18.9 Å². The molecule has 8 heteroatoms. The summed E-state index contributed by atoms with van der Waals surface area (Å²) < 4.78 is 21.3. The van der Waals surface area contributed by atoms with Crippen molar-refractivity contribution < 1.29 is 13.7 Å². The molecule has 0 bridgehead atoms. The summed E-state index contributed by atoms with van der Waals surface area (Å²) in [5, 5.41) is 11.1. The SMILES string of the molecule is Cc1onc(-c2c(F)cccc2Cl)c1C(=O)NCc1cccc(Cn2cccn2)c1. The zero-order valence-electron chi connectivity index (χ0n) is 16.1. The number of rotatable bonds is 6. The minimum absolute atomic E-state index is 0.0439. The first-order chi connectivity index (χ1) is 14.5. The standard InChI is InChI=1S/C22H18ClFN4O2/c1-14-19(21(27-30-14)20-17(23)7-3-8-18(20)24)22(29)25-12-15-5-2-6-16(11-15)13-28-10-4-9-26-28/h2-11H,12-13H2,1H3,(H,25,29). The molecule has 0 atom stereocenters. The molecule has 4 rings (SSSR count). The lowest BCUT2D eigenvalue weighted by molar-refractivity contribution is 0.0950. The van der Waals surface area contributed by atoms with Gasteiger partial charge in [0.25, 0.3) is 5.91 Å². The molecule has 1 N–H and O–H groups in total. The second-order valence-electron chi connectivity index (χ2n) is 6.77. The van der Waals surface area contributed by atoms with Gasteiger partial charge in [0.05, 0.1) is 17.1 Å². The lowest BCUT2D eigenvalue weighted by Gasteiger charge is -2.09. The molecule has 0 aliphatic heterocycles. The lowest BCUT2D eigenvalue weighted by atomic mass is 10.0. The van der Waals surface area contributed by atoms with Gasteiger partial charge in [0.2, 0.25) is 0 Å². The van der Waals surface area contributed by atoms with Gasteiger partial charge in [-0.3, -0.25) is 9.48 Å². The van der Waals surface area contributed by atoms with Gasteiger partial charge in [-0.05, 0) is 36.2 Å². The number of hydrogen-bond acceptors (Lipinski definition) is 4. The van der Waals surface area contributed by atoms with E-state index in [4.69, 9.17) is 16.1 Å². The number of benzene rings is 2. The second-order valence-corrected chi connectivity index (χ2v) is 7.17. The number of carbonyl (C=O) groups is 1. The maximum absolute atomic E-state index is 14.3. The Labute approximate surface area is 177 Å². The third-order valence-corrected chi connectivity index (χ3v) is 4.95. The molecule has 30 heavy (non-hydrogen) atoms. The summed E-state index contributed by atoms with van der Waals surface area (Å²) in [5.74, 6) is -0.703. The third-order valence-electron chi connectivity index (χ3n) is 4.64. The van der Waals surface area contributed by atoms with Crippen molar-refractivity contribution in [2.75, 3.05) is 0 Å². The second kappa shape index (κ2) is 8.51. The summed E-state index contributed by atoms with van der Waals surface area (Å²) in [6, 6.07) is 14.0. The van der Waals surface area contributed by atoms with Gasteiger partial charge < -0.3 is 9.84 Å². The van der Waals surface area contributed by atoms with Crippen molar-refractivity contribution in [3.8, 4) is 11.3 Å². The predicted molar refractivity (Wildman–Crippen MR) is 111 cm³/mol. The normalized spacial score (nSPS) is 10.9. The number of nitrogens with one attached hydrogen (secondary N) is 1. The van der Waals surface area contributed by atoms with E-state index in [2.05, 4.69) is 15.6 Å². The highest BCUT2D eigenvalue weighted by molar-refractivity contribution is 6.33. The van der Waals surface area contributed by atoms with E-state index < -0.39 is 11.7 Å². The fraction of sp³-hybridized carbons (Fsp3) is 0.136. The number of aromatic nitrogens is 3. The van der Waals surface area contributed by atoms with Crippen molar-refractivity contribution in [2.24, 2.45) is 0 Å². The molecule has 2 heterocycles. The van der Waals surface area contributed by atoms with Crippen LogP contribution in [-0.4, -0.2) is 20.8 Å². The quantitative estimate of drug-likeness (QED) is 0.490. The minimum Gasteiger partial charge on any atom is -0.360 e. The van der Waals surface area contributed by atoms with E-state index in [1.54, 1.807) is 13.1 Å². The van der Waals surface area contributed by atoms with Crippen LogP contribution in [0.3, 0.4) is 0 Å². The molecule has 0 radical (unpaired) electrons. The van der Waals surface area contributed by atoms with E-state index in [9.17, 15) is 9.18 Å². The Bertz CT molecular complexity index is 1170. The van der Waals surface area contributed by atoms with Crippen LogP contribution in [0.4, 0.5) is 4.39 Å². The summed E-state index contributed by atoms with van der Waals surface area (Å²) in [6.07, 6.45) is 3.61. The van der Waals surface area contributed by atoms with Crippen molar-refractivity contribution >= 4 is 17.5 Å². The largest absolute Gasteiger partial charge is 0.360 e. The summed E-state index contributed by atoms with van der Waals surface area (Å²) in [7, 11) is 0. The Morgan fingerprint density at radius 3 is 2.77 bits per heavy atom.